The predicted octanol–water partition coefficient (Wildman–Crippen LogP) is 2.17. The first-order chi connectivity index (χ1) is 8.88. The Labute approximate surface area is 107 Å². The molecule has 1 atom stereocenters. The van der Waals surface area contributed by atoms with Crippen molar-refractivity contribution < 1.29 is 5.11 Å². The van der Waals surface area contributed by atoms with Gasteiger partial charge in [-0.1, -0.05) is 18.2 Å². The van der Waals surface area contributed by atoms with E-state index in [0.29, 0.717) is 12.6 Å². The zero-order valence-corrected chi connectivity index (χ0v) is 10.6. The van der Waals surface area contributed by atoms with Gasteiger partial charge in [0.1, 0.15) is 0 Å². The van der Waals surface area contributed by atoms with E-state index in [9.17, 15) is 5.11 Å². The second kappa shape index (κ2) is 5.12. The highest BCUT2D eigenvalue weighted by Gasteiger charge is 2.23. The Morgan fingerprint density at radius 3 is 3.11 bits per heavy atom. The molecule has 0 spiro atoms. The van der Waals surface area contributed by atoms with Crippen LogP contribution in [0.25, 0.3) is 10.9 Å². The molecule has 0 amide bonds. The molecule has 1 aromatic heterocycles. The third kappa shape index (κ3) is 2.16. The standard InChI is InChI=1S/C15H20N2O/c18-11-13-4-3-8-17(13)9-7-12-10-16-15-6-2-1-5-14(12)15/h1-2,5-6,10,13,16,18H,3-4,7-9,11H2. The number of aromatic amines is 1. The van der Waals surface area contributed by atoms with Gasteiger partial charge in [-0.15, -0.1) is 0 Å². The first-order valence-corrected chi connectivity index (χ1v) is 6.78. The molecule has 3 nitrogen and oxygen atoms in total. The number of aliphatic hydroxyl groups is 1. The van der Waals surface area contributed by atoms with Crippen LogP contribution in [0.3, 0.4) is 0 Å². The van der Waals surface area contributed by atoms with Gasteiger partial charge in [0.25, 0.3) is 0 Å². The van der Waals surface area contributed by atoms with E-state index in [1.54, 1.807) is 0 Å². The number of aromatic nitrogens is 1. The Bertz CT molecular complexity index is 520. The van der Waals surface area contributed by atoms with Gasteiger partial charge in [0, 0.05) is 29.7 Å². The number of rotatable bonds is 4. The fourth-order valence-corrected chi connectivity index (χ4v) is 3.00. The molecule has 0 radical (unpaired) electrons. The van der Waals surface area contributed by atoms with Crippen LogP contribution in [0.2, 0.25) is 0 Å². The van der Waals surface area contributed by atoms with Crippen LogP contribution in [-0.2, 0) is 6.42 Å². The molecular formula is C15H20N2O. The minimum atomic E-state index is 0.299. The summed E-state index contributed by atoms with van der Waals surface area (Å²) < 4.78 is 0. The summed E-state index contributed by atoms with van der Waals surface area (Å²) in [6.45, 7) is 2.48. The van der Waals surface area contributed by atoms with Crippen LogP contribution in [0.4, 0.5) is 0 Å². The number of hydrogen-bond donors (Lipinski definition) is 2. The molecule has 1 aliphatic heterocycles. The van der Waals surface area contributed by atoms with Gasteiger partial charge in [0.15, 0.2) is 0 Å². The van der Waals surface area contributed by atoms with Gasteiger partial charge < -0.3 is 10.1 Å². The highest BCUT2D eigenvalue weighted by Crippen LogP contribution is 2.21. The van der Waals surface area contributed by atoms with E-state index in [1.165, 1.54) is 22.9 Å². The maximum Gasteiger partial charge on any atom is 0.0586 e. The molecule has 3 rings (SSSR count). The van der Waals surface area contributed by atoms with Crippen molar-refractivity contribution in [2.75, 3.05) is 19.7 Å². The zero-order valence-electron chi connectivity index (χ0n) is 10.6. The summed E-state index contributed by atoms with van der Waals surface area (Å²) in [6.07, 6.45) is 5.54. The highest BCUT2D eigenvalue weighted by atomic mass is 16.3. The van der Waals surface area contributed by atoms with Gasteiger partial charge in [-0.2, -0.15) is 0 Å². The van der Waals surface area contributed by atoms with Crippen LogP contribution in [-0.4, -0.2) is 40.7 Å². The van der Waals surface area contributed by atoms with Crippen LogP contribution >= 0.6 is 0 Å². The van der Waals surface area contributed by atoms with E-state index in [-0.39, 0.29) is 0 Å². The summed E-state index contributed by atoms with van der Waals surface area (Å²) in [5.41, 5.74) is 2.60. The molecule has 0 bridgehead atoms. The molecule has 2 aromatic rings. The number of nitrogens with one attached hydrogen (secondary N) is 1. The highest BCUT2D eigenvalue weighted by molar-refractivity contribution is 5.83. The number of fused-ring (bicyclic) bond motifs is 1. The number of aliphatic hydroxyl groups excluding tert-OH is 1. The lowest BCUT2D eigenvalue weighted by molar-refractivity contribution is 0.160. The van der Waals surface area contributed by atoms with Gasteiger partial charge in [0.2, 0.25) is 0 Å². The number of hydrogen-bond acceptors (Lipinski definition) is 2. The maximum atomic E-state index is 9.32. The van der Waals surface area contributed by atoms with Crippen LogP contribution in [0.1, 0.15) is 18.4 Å². The van der Waals surface area contributed by atoms with Gasteiger partial charge in [0.05, 0.1) is 6.61 Å². The first kappa shape index (κ1) is 11.8. The Balaban J connectivity index is 1.69. The van der Waals surface area contributed by atoms with Gasteiger partial charge in [-0.05, 0) is 37.4 Å². The number of nitrogens with zero attached hydrogens (tertiary/aromatic N) is 1. The third-order valence-electron chi connectivity index (χ3n) is 4.05. The molecule has 3 heteroatoms. The number of likely N-dealkylation sites (tertiary alicyclic amines) is 1. The average molecular weight is 244 g/mol. The second-order valence-electron chi connectivity index (χ2n) is 5.12. The van der Waals surface area contributed by atoms with Gasteiger partial charge in [-0.3, -0.25) is 4.90 Å². The van der Waals surface area contributed by atoms with E-state index in [4.69, 9.17) is 0 Å². The predicted molar refractivity (Wildman–Crippen MR) is 73.7 cm³/mol. The maximum absolute atomic E-state index is 9.32. The van der Waals surface area contributed by atoms with E-state index in [2.05, 4.69) is 40.3 Å². The molecule has 2 N–H and O–H groups in total. The number of benzene rings is 1. The van der Waals surface area contributed by atoms with E-state index < -0.39 is 0 Å². The minimum Gasteiger partial charge on any atom is -0.395 e. The summed E-state index contributed by atoms with van der Waals surface area (Å²) >= 11 is 0. The van der Waals surface area contributed by atoms with Crippen LogP contribution in [0, 0.1) is 0 Å². The molecule has 1 unspecified atom stereocenters. The third-order valence-corrected chi connectivity index (χ3v) is 4.05. The lowest BCUT2D eigenvalue weighted by Crippen LogP contribution is -2.33. The summed E-state index contributed by atoms with van der Waals surface area (Å²) in [6, 6.07) is 8.83. The summed E-state index contributed by atoms with van der Waals surface area (Å²) in [4.78, 5) is 5.74. The normalized spacial score (nSPS) is 20.8. The molecule has 2 heterocycles. The van der Waals surface area contributed by atoms with Crippen molar-refractivity contribution >= 4 is 10.9 Å². The number of para-hydroxylation sites is 1. The Morgan fingerprint density at radius 2 is 2.22 bits per heavy atom. The Kier molecular flexibility index (Phi) is 3.35. The smallest absolute Gasteiger partial charge is 0.0586 e. The molecule has 0 aliphatic carbocycles. The monoisotopic (exact) mass is 244 g/mol. The Morgan fingerprint density at radius 1 is 1.33 bits per heavy atom. The van der Waals surface area contributed by atoms with E-state index >= 15 is 0 Å². The molecule has 1 fully saturated rings. The largest absolute Gasteiger partial charge is 0.395 e. The molecular weight excluding hydrogens is 224 g/mol. The van der Waals surface area contributed by atoms with E-state index in [0.717, 1.165) is 25.9 Å². The molecule has 1 aliphatic rings. The molecule has 96 valence electrons. The minimum absolute atomic E-state index is 0.299. The van der Waals surface area contributed by atoms with Crippen LogP contribution in [0.5, 0.6) is 0 Å². The second-order valence-corrected chi connectivity index (χ2v) is 5.12. The molecule has 1 saturated heterocycles. The SMILES string of the molecule is OCC1CCCN1CCc1c[nH]c2ccccc12. The molecule has 1 aromatic carbocycles. The van der Waals surface area contributed by atoms with E-state index in [1.807, 2.05) is 0 Å². The Hall–Kier alpha value is -1.32. The lowest BCUT2D eigenvalue weighted by atomic mass is 10.1. The van der Waals surface area contributed by atoms with Gasteiger partial charge in [-0.25, -0.2) is 0 Å². The molecule has 18 heavy (non-hydrogen) atoms. The van der Waals surface area contributed by atoms with Crippen molar-refractivity contribution in [2.45, 2.75) is 25.3 Å². The quantitative estimate of drug-likeness (QED) is 0.865. The van der Waals surface area contributed by atoms with Crippen molar-refractivity contribution in [3.8, 4) is 0 Å². The number of H-pyrrole nitrogens is 1. The first-order valence-electron chi connectivity index (χ1n) is 6.78. The van der Waals surface area contributed by atoms with Crippen molar-refractivity contribution in [2.24, 2.45) is 0 Å². The summed E-state index contributed by atoms with van der Waals surface area (Å²) in [5.74, 6) is 0. The fourth-order valence-electron chi connectivity index (χ4n) is 3.00. The van der Waals surface area contributed by atoms with Crippen LogP contribution in [0.15, 0.2) is 30.5 Å². The zero-order chi connectivity index (χ0) is 12.4. The van der Waals surface area contributed by atoms with Crippen molar-refractivity contribution in [3.63, 3.8) is 0 Å². The molecule has 0 saturated carbocycles. The topological polar surface area (TPSA) is 39.3 Å². The van der Waals surface area contributed by atoms with Gasteiger partial charge >= 0.3 is 0 Å². The summed E-state index contributed by atoms with van der Waals surface area (Å²) in [5, 5.41) is 10.6. The van der Waals surface area contributed by atoms with Crippen molar-refractivity contribution in [1.29, 1.82) is 0 Å². The van der Waals surface area contributed by atoms with Crippen LogP contribution < -0.4 is 0 Å². The van der Waals surface area contributed by atoms with Crippen molar-refractivity contribution in [3.05, 3.63) is 36.0 Å². The average Bonchev–Trinajstić information content (AvgIpc) is 3.02. The fraction of sp³-hybridized carbons (Fsp3) is 0.467. The lowest BCUT2D eigenvalue weighted by Gasteiger charge is -2.22. The summed E-state index contributed by atoms with van der Waals surface area (Å²) in [7, 11) is 0. The van der Waals surface area contributed by atoms with Crippen molar-refractivity contribution in [1.82, 2.24) is 9.88 Å².